The highest BCUT2D eigenvalue weighted by atomic mass is 16.4. The third-order valence-electron chi connectivity index (χ3n) is 4.23. The minimum Gasteiger partial charge on any atom is -0.481 e. The molecule has 0 aromatic heterocycles. The number of hydrogen-bond acceptors (Lipinski definition) is 2. The average Bonchev–Trinajstić information content (AvgIpc) is 2.82. The number of carboxylic acid groups (broad SMARTS) is 1. The van der Waals surface area contributed by atoms with Gasteiger partial charge in [0.1, 0.15) is 0 Å². The molecule has 2 rings (SSSR count). The Bertz CT molecular complexity index is 500. The molecule has 0 aliphatic heterocycles. The van der Waals surface area contributed by atoms with Crippen LogP contribution in [0.3, 0.4) is 0 Å². The number of carbonyl (C=O) groups is 2. The van der Waals surface area contributed by atoms with Gasteiger partial charge in [0.15, 0.2) is 0 Å². The summed E-state index contributed by atoms with van der Waals surface area (Å²) in [5.74, 6) is -1.60. The summed E-state index contributed by atoms with van der Waals surface area (Å²) in [5, 5.41) is 12.2. The maximum atomic E-state index is 12.3. The van der Waals surface area contributed by atoms with Gasteiger partial charge in [0.25, 0.3) is 0 Å². The molecule has 1 aromatic carbocycles. The Morgan fingerprint density at radius 2 is 1.86 bits per heavy atom. The van der Waals surface area contributed by atoms with Crippen LogP contribution in [0.25, 0.3) is 0 Å². The van der Waals surface area contributed by atoms with Crippen LogP contribution in [-0.2, 0) is 16.0 Å². The Morgan fingerprint density at radius 3 is 2.48 bits per heavy atom. The molecule has 1 aliphatic carbocycles. The SMILES string of the molecule is CC1CC(C(=O)O)C(C(=O)NC(C)Cc2ccccc2)C1. The van der Waals surface area contributed by atoms with E-state index in [2.05, 4.69) is 5.32 Å². The molecule has 0 bridgehead atoms. The number of rotatable bonds is 5. The first-order valence-electron chi connectivity index (χ1n) is 7.54. The van der Waals surface area contributed by atoms with E-state index in [0.29, 0.717) is 18.8 Å². The average molecular weight is 289 g/mol. The number of carbonyl (C=O) groups excluding carboxylic acids is 1. The van der Waals surface area contributed by atoms with Crippen LogP contribution in [0, 0.1) is 17.8 Å². The van der Waals surface area contributed by atoms with Gasteiger partial charge in [-0.25, -0.2) is 0 Å². The Kier molecular flexibility index (Phi) is 4.99. The van der Waals surface area contributed by atoms with E-state index in [4.69, 9.17) is 0 Å². The van der Waals surface area contributed by atoms with Crippen molar-refractivity contribution in [3.05, 3.63) is 35.9 Å². The van der Waals surface area contributed by atoms with Gasteiger partial charge in [0.05, 0.1) is 11.8 Å². The van der Waals surface area contributed by atoms with Gasteiger partial charge in [-0.05, 0) is 37.7 Å². The Hall–Kier alpha value is -1.84. The van der Waals surface area contributed by atoms with Gasteiger partial charge in [0.2, 0.25) is 5.91 Å². The molecular weight excluding hydrogens is 266 g/mol. The van der Waals surface area contributed by atoms with Gasteiger partial charge in [-0.3, -0.25) is 9.59 Å². The molecule has 2 N–H and O–H groups in total. The fourth-order valence-corrected chi connectivity index (χ4v) is 3.22. The van der Waals surface area contributed by atoms with Gasteiger partial charge >= 0.3 is 5.97 Å². The zero-order valence-electron chi connectivity index (χ0n) is 12.6. The summed E-state index contributed by atoms with van der Waals surface area (Å²) in [4.78, 5) is 23.6. The molecule has 114 valence electrons. The Morgan fingerprint density at radius 1 is 1.24 bits per heavy atom. The van der Waals surface area contributed by atoms with Crippen molar-refractivity contribution >= 4 is 11.9 Å². The molecule has 1 amide bonds. The van der Waals surface area contributed by atoms with Crippen molar-refractivity contribution in [2.75, 3.05) is 0 Å². The van der Waals surface area contributed by atoms with Crippen LogP contribution in [0.4, 0.5) is 0 Å². The highest BCUT2D eigenvalue weighted by Gasteiger charge is 2.41. The molecule has 1 saturated carbocycles. The molecule has 4 atom stereocenters. The minimum absolute atomic E-state index is 0.00486. The van der Waals surface area contributed by atoms with Crippen LogP contribution in [0.1, 0.15) is 32.3 Å². The minimum atomic E-state index is -0.852. The quantitative estimate of drug-likeness (QED) is 0.875. The number of hydrogen-bond donors (Lipinski definition) is 2. The lowest BCUT2D eigenvalue weighted by Crippen LogP contribution is -2.40. The first-order valence-corrected chi connectivity index (χ1v) is 7.54. The first kappa shape index (κ1) is 15.5. The summed E-state index contributed by atoms with van der Waals surface area (Å²) in [5.41, 5.74) is 1.17. The van der Waals surface area contributed by atoms with Gasteiger partial charge in [-0.1, -0.05) is 37.3 Å². The largest absolute Gasteiger partial charge is 0.481 e. The summed E-state index contributed by atoms with van der Waals surface area (Å²) in [6, 6.07) is 9.97. The number of carboxylic acids is 1. The number of benzene rings is 1. The molecular formula is C17H23NO3. The van der Waals surface area contributed by atoms with Crippen molar-refractivity contribution in [2.24, 2.45) is 17.8 Å². The summed E-state index contributed by atoms with van der Waals surface area (Å²) < 4.78 is 0. The second-order valence-corrected chi connectivity index (χ2v) is 6.23. The van der Waals surface area contributed by atoms with Crippen molar-refractivity contribution in [1.82, 2.24) is 5.32 Å². The molecule has 4 nitrogen and oxygen atoms in total. The summed E-state index contributed by atoms with van der Waals surface area (Å²) in [6.07, 6.45) is 2.02. The van der Waals surface area contributed by atoms with Crippen molar-refractivity contribution in [2.45, 2.75) is 39.2 Å². The molecule has 1 aromatic rings. The molecule has 0 spiro atoms. The lowest BCUT2D eigenvalue weighted by molar-refractivity contribution is -0.146. The summed E-state index contributed by atoms with van der Waals surface area (Å²) in [6.45, 7) is 3.97. The zero-order valence-corrected chi connectivity index (χ0v) is 12.6. The van der Waals surface area contributed by atoms with E-state index in [9.17, 15) is 14.7 Å². The van der Waals surface area contributed by atoms with Gasteiger partial charge in [-0.2, -0.15) is 0 Å². The molecule has 0 radical (unpaired) electrons. The van der Waals surface area contributed by atoms with E-state index in [-0.39, 0.29) is 11.9 Å². The second-order valence-electron chi connectivity index (χ2n) is 6.23. The molecule has 4 heteroatoms. The molecule has 1 aliphatic rings. The van der Waals surface area contributed by atoms with E-state index in [1.807, 2.05) is 44.2 Å². The third-order valence-corrected chi connectivity index (χ3v) is 4.23. The van der Waals surface area contributed by atoms with E-state index >= 15 is 0 Å². The topological polar surface area (TPSA) is 66.4 Å². The summed E-state index contributed by atoms with van der Waals surface area (Å²) >= 11 is 0. The fraction of sp³-hybridized carbons (Fsp3) is 0.529. The van der Waals surface area contributed by atoms with Crippen LogP contribution >= 0.6 is 0 Å². The van der Waals surface area contributed by atoms with Gasteiger partial charge < -0.3 is 10.4 Å². The standard InChI is InChI=1S/C17H23NO3/c1-11-8-14(15(9-11)17(20)21)16(19)18-12(2)10-13-6-4-3-5-7-13/h3-7,11-12,14-15H,8-10H2,1-2H3,(H,18,19)(H,20,21). The van der Waals surface area contributed by atoms with E-state index in [0.717, 1.165) is 6.42 Å². The van der Waals surface area contributed by atoms with Crippen molar-refractivity contribution in [3.8, 4) is 0 Å². The third kappa shape index (κ3) is 4.06. The van der Waals surface area contributed by atoms with Crippen LogP contribution in [-0.4, -0.2) is 23.0 Å². The molecule has 0 heterocycles. The second kappa shape index (κ2) is 6.74. The smallest absolute Gasteiger partial charge is 0.307 e. The summed E-state index contributed by atoms with van der Waals surface area (Å²) in [7, 11) is 0. The van der Waals surface area contributed by atoms with Crippen LogP contribution < -0.4 is 5.32 Å². The fourth-order valence-electron chi connectivity index (χ4n) is 3.22. The highest BCUT2D eigenvalue weighted by molar-refractivity contribution is 5.85. The maximum absolute atomic E-state index is 12.3. The van der Waals surface area contributed by atoms with Gasteiger partial charge in [-0.15, -0.1) is 0 Å². The van der Waals surface area contributed by atoms with Crippen LogP contribution in [0.2, 0.25) is 0 Å². The number of aliphatic carboxylic acids is 1. The molecule has 4 unspecified atom stereocenters. The van der Waals surface area contributed by atoms with Crippen molar-refractivity contribution in [3.63, 3.8) is 0 Å². The van der Waals surface area contributed by atoms with Gasteiger partial charge in [0, 0.05) is 6.04 Å². The Labute approximate surface area is 125 Å². The number of amides is 1. The predicted molar refractivity (Wildman–Crippen MR) is 80.8 cm³/mol. The Balaban J connectivity index is 1.92. The molecule has 21 heavy (non-hydrogen) atoms. The maximum Gasteiger partial charge on any atom is 0.307 e. The predicted octanol–water partition coefficient (Wildman–Crippen LogP) is 2.48. The normalized spacial score (nSPS) is 26.3. The number of nitrogens with one attached hydrogen (secondary N) is 1. The van der Waals surface area contributed by atoms with Crippen LogP contribution in [0.15, 0.2) is 30.3 Å². The first-order chi connectivity index (χ1) is 9.97. The highest BCUT2D eigenvalue weighted by Crippen LogP contribution is 2.36. The lowest BCUT2D eigenvalue weighted by atomic mass is 9.95. The monoisotopic (exact) mass is 289 g/mol. The molecule has 0 saturated heterocycles. The van der Waals surface area contributed by atoms with Crippen molar-refractivity contribution in [1.29, 1.82) is 0 Å². The molecule has 1 fully saturated rings. The zero-order chi connectivity index (χ0) is 15.4. The van der Waals surface area contributed by atoms with E-state index < -0.39 is 17.8 Å². The van der Waals surface area contributed by atoms with E-state index in [1.54, 1.807) is 0 Å². The van der Waals surface area contributed by atoms with E-state index in [1.165, 1.54) is 5.56 Å². The lowest BCUT2D eigenvalue weighted by Gasteiger charge is -2.19. The van der Waals surface area contributed by atoms with Crippen molar-refractivity contribution < 1.29 is 14.7 Å². The van der Waals surface area contributed by atoms with Crippen LogP contribution in [0.5, 0.6) is 0 Å².